The van der Waals surface area contributed by atoms with Crippen LogP contribution in [0.4, 0.5) is 0 Å². The van der Waals surface area contributed by atoms with E-state index in [4.69, 9.17) is 4.74 Å². The molecule has 1 aliphatic rings. The van der Waals surface area contributed by atoms with Crippen molar-refractivity contribution in [3.63, 3.8) is 0 Å². The van der Waals surface area contributed by atoms with Gasteiger partial charge in [-0.05, 0) is 62.8 Å². The van der Waals surface area contributed by atoms with E-state index in [-0.39, 0.29) is 5.92 Å². The molecule has 0 bridgehead atoms. The van der Waals surface area contributed by atoms with Gasteiger partial charge in [0, 0.05) is 11.5 Å². The summed E-state index contributed by atoms with van der Waals surface area (Å²) in [5.41, 5.74) is 0.836. The highest BCUT2D eigenvalue weighted by atomic mass is 16.5. The summed E-state index contributed by atoms with van der Waals surface area (Å²) in [6, 6.07) is 7.60. The van der Waals surface area contributed by atoms with Crippen LogP contribution in [0.2, 0.25) is 0 Å². The number of hydrogen-bond donors (Lipinski definition) is 0. The molecule has 2 heteroatoms. The van der Waals surface area contributed by atoms with Crippen LogP contribution in [0.1, 0.15) is 56.3 Å². The van der Waals surface area contributed by atoms with E-state index in [1.54, 1.807) is 0 Å². The number of benzene rings is 1. The van der Waals surface area contributed by atoms with Gasteiger partial charge in [-0.3, -0.25) is 4.79 Å². The quantitative estimate of drug-likeness (QED) is 0.729. The van der Waals surface area contributed by atoms with Crippen LogP contribution >= 0.6 is 0 Å². The van der Waals surface area contributed by atoms with Crippen molar-refractivity contribution < 1.29 is 9.53 Å². The van der Waals surface area contributed by atoms with Gasteiger partial charge in [0.05, 0.1) is 6.61 Å². The second kappa shape index (κ2) is 6.74. The van der Waals surface area contributed by atoms with Crippen molar-refractivity contribution in [2.24, 2.45) is 11.8 Å². The second-order valence-electron chi connectivity index (χ2n) is 5.45. The van der Waals surface area contributed by atoms with Crippen LogP contribution < -0.4 is 4.74 Å². The Balaban J connectivity index is 1.96. The molecule has 0 radical (unpaired) electrons. The van der Waals surface area contributed by atoms with E-state index in [1.807, 2.05) is 31.2 Å². The van der Waals surface area contributed by atoms with Gasteiger partial charge in [0.1, 0.15) is 5.75 Å². The summed E-state index contributed by atoms with van der Waals surface area (Å²) in [7, 11) is 0. The zero-order chi connectivity index (χ0) is 13.7. The molecule has 1 aromatic carbocycles. The molecule has 2 nitrogen and oxygen atoms in total. The number of carbonyl (C=O) groups excluding carboxylic acids is 1. The Hall–Kier alpha value is -1.31. The molecule has 2 rings (SSSR count). The SMILES string of the molecule is CCOc1ccc(C(=O)C2CCC(CC)CC2)cc1. The van der Waals surface area contributed by atoms with Crippen LogP contribution in [0.3, 0.4) is 0 Å². The van der Waals surface area contributed by atoms with Crippen LogP contribution in [0.15, 0.2) is 24.3 Å². The molecule has 0 N–H and O–H groups in total. The Bertz CT molecular complexity index is 400. The number of ketones is 1. The van der Waals surface area contributed by atoms with Crippen LogP contribution in [0, 0.1) is 11.8 Å². The first kappa shape index (κ1) is 14.1. The topological polar surface area (TPSA) is 26.3 Å². The van der Waals surface area contributed by atoms with Crippen molar-refractivity contribution in [2.45, 2.75) is 46.0 Å². The summed E-state index contributed by atoms with van der Waals surface area (Å²) >= 11 is 0. The van der Waals surface area contributed by atoms with E-state index in [1.165, 1.54) is 19.3 Å². The molecule has 104 valence electrons. The number of rotatable bonds is 5. The Morgan fingerprint density at radius 2 is 1.74 bits per heavy atom. The number of hydrogen-bond acceptors (Lipinski definition) is 2. The second-order valence-corrected chi connectivity index (χ2v) is 5.45. The fourth-order valence-electron chi connectivity index (χ4n) is 2.95. The van der Waals surface area contributed by atoms with Gasteiger partial charge < -0.3 is 4.74 Å². The summed E-state index contributed by atoms with van der Waals surface area (Å²) < 4.78 is 5.40. The van der Waals surface area contributed by atoms with Gasteiger partial charge in [0.25, 0.3) is 0 Å². The minimum atomic E-state index is 0.237. The van der Waals surface area contributed by atoms with Gasteiger partial charge in [0.15, 0.2) is 5.78 Å². The van der Waals surface area contributed by atoms with E-state index in [2.05, 4.69) is 6.92 Å². The van der Waals surface area contributed by atoms with Crippen molar-refractivity contribution in [2.75, 3.05) is 6.61 Å². The maximum absolute atomic E-state index is 12.4. The molecule has 1 aromatic rings. The van der Waals surface area contributed by atoms with Crippen LogP contribution in [0.25, 0.3) is 0 Å². The fourth-order valence-corrected chi connectivity index (χ4v) is 2.95. The highest BCUT2D eigenvalue weighted by Gasteiger charge is 2.26. The molecule has 0 spiro atoms. The van der Waals surface area contributed by atoms with E-state index in [0.717, 1.165) is 30.1 Å². The van der Waals surface area contributed by atoms with Crippen molar-refractivity contribution in [3.05, 3.63) is 29.8 Å². The monoisotopic (exact) mass is 260 g/mol. The lowest BCUT2D eigenvalue weighted by Gasteiger charge is -2.26. The lowest BCUT2D eigenvalue weighted by atomic mass is 9.78. The van der Waals surface area contributed by atoms with Crippen LogP contribution in [0.5, 0.6) is 5.75 Å². The van der Waals surface area contributed by atoms with Crippen molar-refractivity contribution in [1.29, 1.82) is 0 Å². The molecular weight excluding hydrogens is 236 g/mol. The summed E-state index contributed by atoms with van der Waals surface area (Å²) in [5.74, 6) is 2.23. The maximum atomic E-state index is 12.4. The molecule has 0 saturated heterocycles. The Morgan fingerprint density at radius 3 is 2.26 bits per heavy atom. The van der Waals surface area contributed by atoms with E-state index in [9.17, 15) is 4.79 Å². The van der Waals surface area contributed by atoms with Gasteiger partial charge in [-0.25, -0.2) is 0 Å². The predicted octanol–water partition coefficient (Wildman–Crippen LogP) is 4.48. The number of Topliss-reactive ketones (excluding diaryl/α,β-unsaturated/α-hetero) is 1. The summed E-state index contributed by atoms with van der Waals surface area (Å²) in [5, 5.41) is 0. The van der Waals surface area contributed by atoms with Gasteiger partial charge in [-0.15, -0.1) is 0 Å². The molecular formula is C17H24O2. The molecule has 0 atom stereocenters. The minimum absolute atomic E-state index is 0.237. The normalized spacial score (nSPS) is 23.1. The van der Waals surface area contributed by atoms with Crippen molar-refractivity contribution in [3.8, 4) is 5.75 Å². The summed E-state index contributed by atoms with van der Waals surface area (Å²) in [4.78, 5) is 12.4. The molecule has 1 fully saturated rings. The first-order valence-electron chi connectivity index (χ1n) is 7.51. The molecule has 1 aliphatic carbocycles. The lowest BCUT2D eigenvalue weighted by molar-refractivity contribution is 0.0871. The highest BCUT2D eigenvalue weighted by molar-refractivity contribution is 5.97. The fraction of sp³-hybridized carbons (Fsp3) is 0.588. The first-order chi connectivity index (χ1) is 9.24. The number of carbonyl (C=O) groups is 1. The third-order valence-electron chi connectivity index (χ3n) is 4.24. The van der Waals surface area contributed by atoms with E-state index < -0.39 is 0 Å². The smallest absolute Gasteiger partial charge is 0.165 e. The third kappa shape index (κ3) is 3.59. The Kier molecular flexibility index (Phi) is 5.00. The van der Waals surface area contributed by atoms with Crippen LogP contribution in [-0.2, 0) is 0 Å². The average Bonchev–Trinajstić information content (AvgIpc) is 2.48. The van der Waals surface area contributed by atoms with E-state index in [0.29, 0.717) is 12.4 Å². The molecule has 0 amide bonds. The third-order valence-corrected chi connectivity index (χ3v) is 4.24. The average molecular weight is 260 g/mol. The van der Waals surface area contributed by atoms with Gasteiger partial charge in [-0.1, -0.05) is 13.3 Å². The number of ether oxygens (including phenoxy) is 1. The molecule has 0 aromatic heterocycles. The highest BCUT2D eigenvalue weighted by Crippen LogP contribution is 2.32. The molecule has 1 saturated carbocycles. The predicted molar refractivity (Wildman–Crippen MR) is 77.7 cm³/mol. The van der Waals surface area contributed by atoms with Gasteiger partial charge in [-0.2, -0.15) is 0 Å². The van der Waals surface area contributed by atoms with E-state index >= 15 is 0 Å². The van der Waals surface area contributed by atoms with Gasteiger partial charge in [0.2, 0.25) is 0 Å². The Labute approximate surface area is 116 Å². The zero-order valence-corrected chi connectivity index (χ0v) is 12.0. The maximum Gasteiger partial charge on any atom is 0.165 e. The minimum Gasteiger partial charge on any atom is -0.494 e. The van der Waals surface area contributed by atoms with Gasteiger partial charge >= 0.3 is 0 Å². The summed E-state index contributed by atoms with van der Waals surface area (Å²) in [6.45, 7) is 4.87. The lowest BCUT2D eigenvalue weighted by Crippen LogP contribution is -2.21. The first-order valence-corrected chi connectivity index (χ1v) is 7.51. The molecule has 0 unspecified atom stereocenters. The molecule has 0 heterocycles. The van der Waals surface area contributed by atoms with Crippen molar-refractivity contribution >= 4 is 5.78 Å². The van der Waals surface area contributed by atoms with Crippen molar-refractivity contribution in [1.82, 2.24) is 0 Å². The molecule has 0 aliphatic heterocycles. The van der Waals surface area contributed by atoms with Crippen LogP contribution in [-0.4, -0.2) is 12.4 Å². The largest absolute Gasteiger partial charge is 0.494 e. The molecule has 19 heavy (non-hydrogen) atoms. The summed E-state index contributed by atoms with van der Waals surface area (Å²) in [6.07, 6.45) is 5.80. The standard InChI is InChI=1S/C17H24O2/c1-3-13-5-7-14(8-6-13)17(18)15-9-11-16(12-10-15)19-4-2/h9-14H,3-8H2,1-2H3. The zero-order valence-electron chi connectivity index (χ0n) is 12.0. The Morgan fingerprint density at radius 1 is 1.11 bits per heavy atom.